The second-order valence-corrected chi connectivity index (χ2v) is 5.63. The molecule has 1 aromatic heterocycles. The van der Waals surface area contributed by atoms with E-state index in [9.17, 15) is 0 Å². The highest BCUT2D eigenvalue weighted by atomic mass is 79.9. The molecule has 2 N–H and O–H groups in total. The van der Waals surface area contributed by atoms with E-state index in [4.69, 9.17) is 0 Å². The molecule has 0 bridgehead atoms. The van der Waals surface area contributed by atoms with Gasteiger partial charge in [-0.15, -0.1) is 0 Å². The van der Waals surface area contributed by atoms with Gasteiger partial charge in [-0.1, -0.05) is 34.1 Å². The van der Waals surface area contributed by atoms with E-state index in [0.29, 0.717) is 0 Å². The number of H-pyrrole nitrogens is 1. The van der Waals surface area contributed by atoms with Crippen LogP contribution in [0.5, 0.6) is 0 Å². The fraction of sp³-hybridized carbons (Fsp3) is 0.125. The van der Waals surface area contributed by atoms with Gasteiger partial charge in [-0.3, -0.25) is 0 Å². The Hall–Kier alpha value is -1.74. The third kappa shape index (κ3) is 2.66. The van der Waals surface area contributed by atoms with Crippen LogP contribution in [-0.4, -0.2) is 4.98 Å². The minimum absolute atomic E-state index is 0.826. The van der Waals surface area contributed by atoms with Gasteiger partial charge in [-0.2, -0.15) is 0 Å². The van der Waals surface area contributed by atoms with Crippen LogP contribution >= 0.6 is 15.9 Å². The molecule has 0 amide bonds. The van der Waals surface area contributed by atoms with Gasteiger partial charge in [0, 0.05) is 28.4 Å². The molecule has 0 saturated heterocycles. The first-order valence-corrected chi connectivity index (χ1v) is 7.08. The van der Waals surface area contributed by atoms with Crippen molar-refractivity contribution in [3.05, 3.63) is 64.3 Å². The van der Waals surface area contributed by atoms with Crippen LogP contribution in [-0.2, 0) is 6.54 Å². The first-order chi connectivity index (χ1) is 9.22. The summed E-state index contributed by atoms with van der Waals surface area (Å²) in [6, 6.07) is 14.9. The molecule has 3 aromatic rings. The van der Waals surface area contributed by atoms with Crippen molar-refractivity contribution in [3.63, 3.8) is 0 Å². The first-order valence-electron chi connectivity index (χ1n) is 6.28. The van der Waals surface area contributed by atoms with Crippen molar-refractivity contribution in [2.75, 3.05) is 5.32 Å². The minimum Gasteiger partial charge on any atom is -0.381 e. The number of benzene rings is 2. The number of aromatic amines is 1. The Morgan fingerprint density at radius 2 is 2.00 bits per heavy atom. The van der Waals surface area contributed by atoms with Crippen LogP contribution in [0.15, 0.2) is 53.1 Å². The molecule has 0 spiro atoms. The van der Waals surface area contributed by atoms with E-state index in [0.717, 1.165) is 11.0 Å². The van der Waals surface area contributed by atoms with Crippen molar-refractivity contribution in [3.8, 4) is 0 Å². The summed E-state index contributed by atoms with van der Waals surface area (Å²) in [7, 11) is 0. The van der Waals surface area contributed by atoms with Crippen molar-refractivity contribution in [1.82, 2.24) is 4.98 Å². The summed E-state index contributed by atoms with van der Waals surface area (Å²) in [4.78, 5) is 3.24. The predicted octanol–water partition coefficient (Wildman–Crippen LogP) is 4.85. The Morgan fingerprint density at radius 3 is 2.89 bits per heavy atom. The van der Waals surface area contributed by atoms with Crippen LogP contribution < -0.4 is 5.32 Å². The van der Waals surface area contributed by atoms with Crippen LogP contribution in [0, 0.1) is 6.92 Å². The smallest absolute Gasteiger partial charge is 0.0457 e. The maximum atomic E-state index is 3.50. The summed E-state index contributed by atoms with van der Waals surface area (Å²) in [6.45, 7) is 2.94. The number of aromatic nitrogens is 1. The Labute approximate surface area is 121 Å². The number of anilines is 1. The third-order valence-electron chi connectivity index (χ3n) is 3.30. The van der Waals surface area contributed by atoms with Gasteiger partial charge in [0.2, 0.25) is 0 Å². The van der Waals surface area contributed by atoms with Gasteiger partial charge in [-0.25, -0.2) is 0 Å². The van der Waals surface area contributed by atoms with Gasteiger partial charge < -0.3 is 10.3 Å². The lowest BCUT2D eigenvalue weighted by atomic mass is 10.1. The number of fused-ring (bicyclic) bond motifs is 1. The van der Waals surface area contributed by atoms with Crippen molar-refractivity contribution in [2.45, 2.75) is 13.5 Å². The van der Waals surface area contributed by atoms with E-state index in [2.05, 4.69) is 75.6 Å². The topological polar surface area (TPSA) is 27.8 Å². The zero-order valence-electron chi connectivity index (χ0n) is 10.7. The lowest BCUT2D eigenvalue weighted by molar-refractivity contribution is 1.14. The molecular formula is C16H15BrN2. The quantitative estimate of drug-likeness (QED) is 0.710. The van der Waals surface area contributed by atoms with Gasteiger partial charge in [-0.05, 0) is 47.7 Å². The predicted molar refractivity (Wildman–Crippen MR) is 84.5 cm³/mol. The monoisotopic (exact) mass is 314 g/mol. The van der Waals surface area contributed by atoms with Gasteiger partial charge in [0.15, 0.2) is 0 Å². The highest BCUT2D eigenvalue weighted by Gasteiger charge is 2.01. The second-order valence-electron chi connectivity index (χ2n) is 4.71. The number of rotatable bonds is 3. The Bertz CT molecular complexity index is 716. The molecule has 0 aliphatic carbocycles. The van der Waals surface area contributed by atoms with Gasteiger partial charge in [0.25, 0.3) is 0 Å². The number of hydrogen-bond acceptors (Lipinski definition) is 1. The molecule has 19 heavy (non-hydrogen) atoms. The average Bonchev–Trinajstić information content (AvgIpc) is 2.87. The van der Waals surface area contributed by atoms with Crippen molar-refractivity contribution >= 4 is 32.5 Å². The van der Waals surface area contributed by atoms with E-state index in [1.54, 1.807) is 0 Å². The molecule has 2 aromatic carbocycles. The molecule has 3 heteroatoms. The lowest BCUT2D eigenvalue weighted by Gasteiger charge is -2.10. The van der Waals surface area contributed by atoms with Crippen LogP contribution in [0.3, 0.4) is 0 Å². The zero-order chi connectivity index (χ0) is 13.2. The lowest BCUT2D eigenvalue weighted by Crippen LogP contribution is -2.00. The molecule has 0 atom stereocenters. The minimum atomic E-state index is 0.826. The zero-order valence-corrected chi connectivity index (χ0v) is 12.3. The summed E-state index contributed by atoms with van der Waals surface area (Å²) >= 11 is 3.50. The Morgan fingerprint density at radius 1 is 1.11 bits per heavy atom. The van der Waals surface area contributed by atoms with Crippen LogP contribution in [0.1, 0.15) is 11.1 Å². The number of nitrogens with one attached hydrogen (secondary N) is 2. The SMILES string of the molecule is Cc1ccc(Br)cc1NCc1ccc2cc[nH]c2c1. The molecule has 0 fully saturated rings. The largest absolute Gasteiger partial charge is 0.381 e. The maximum Gasteiger partial charge on any atom is 0.0457 e. The molecule has 2 nitrogen and oxygen atoms in total. The number of hydrogen-bond donors (Lipinski definition) is 2. The molecule has 96 valence electrons. The third-order valence-corrected chi connectivity index (χ3v) is 3.80. The van der Waals surface area contributed by atoms with E-state index >= 15 is 0 Å². The average molecular weight is 315 g/mol. The van der Waals surface area contributed by atoms with Gasteiger partial charge in [0.1, 0.15) is 0 Å². The number of halogens is 1. The van der Waals surface area contributed by atoms with E-state index in [1.165, 1.54) is 27.7 Å². The fourth-order valence-electron chi connectivity index (χ4n) is 2.19. The van der Waals surface area contributed by atoms with Crippen LogP contribution in [0.4, 0.5) is 5.69 Å². The highest BCUT2D eigenvalue weighted by Crippen LogP contribution is 2.22. The molecular weight excluding hydrogens is 300 g/mol. The van der Waals surface area contributed by atoms with E-state index in [-0.39, 0.29) is 0 Å². The summed E-state index contributed by atoms with van der Waals surface area (Å²) in [6.07, 6.45) is 1.97. The van der Waals surface area contributed by atoms with E-state index in [1.807, 2.05) is 6.20 Å². The standard InChI is InChI=1S/C16H15BrN2/c1-11-2-5-14(17)9-15(11)19-10-12-3-4-13-6-7-18-16(13)8-12/h2-9,18-19H,10H2,1H3. The fourth-order valence-corrected chi connectivity index (χ4v) is 2.55. The van der Waals surface area contributed by atoms with Crippen LogP contribution in [0.25, 0.3) is 10.9 Å². The van der Waals surface area contributed by atoms with Gasteiger partial charge in [0.05, 0.1) is 0 Å². The molecule has 3 rings (SSSR count). The second kappa shape index (κ2) is 5.10. The molecule has 0 aliphatic rings. The first kappa shape index (κ1) is 12.3. The Balaban J connectivity index is 1.79. The summed E-state index contributed by atoms with van der Waals surface area (Å²) in [5.41, 5.74) is 4.88. The molecule has 1 heterocycles. The maximum absolute atomic E-state index is 3.50. The van der Waals surface area contributed by atoms with Crippen molar-refractivity contribution < 1.29 is 0 Å². The molecule has 0 aliphatic heterocycles. The van der Waals surface area contributed by atoms with Crippen LogP contribution in [0.2, 0.25) is 0 Å². The Kier molecular flexibility index (Phi) is 3.30. The highest BCUT2D eigenvalue weighted by molar-refractivity contribution is 9.10. The number of aryl methyl sites for hydroxylation is 1. The van der Waals surface area contributed by atoms with Crippen molar-refractivity contribution in [1.29, 1.82) is 0 Å². The normalized spacial score (nSPS) is 10.8. The molecule has 0 unspecified atom stereocenters. The molecule has 0 radical (unpaired) electrons. The summed E-state index contributed by atoms with van der Waals surface area (Å²) in [5, 5.41) is 4.74. The summed E-state index contributed by atoms with van der Waals surface area (Å²) < 4.78 is 1.10. The van der Waals surface area contributed by atoms with E-state index < -0.39 is 0 Å². The molecule has 0 saturated carbocycles. The van der Waals surface area contributed by atoms with Crippen molar-refractivity contribution in [2.24, 2.45) is 0 Å². The summed E-state index contributed by atoms with van der Waals surface area (Å²) in [5.74, 6) is 0. The van der Waals surface area contributed by atoms with Gasteiger partial charge >= 0.3 is 0 Å².